The maximum Gasteiger partial charge on any atom is 0.226 e. The fraction of sp³-hybridized carbons (Fsp3) is 0.227. The van der Waals surface area contributed by atoms with Gasteiger partial charge in [-0.2, -0.15) is 0 Å². The molecule has 0 saturated carbocycles. The van der Waals surface area contributed by atoms with Crippen LogP contribution in [0.25, 0.3) is 10.9 Å². The molecule has 3 aromatic rings. The molecule has 6 heteroatoms. The third-order valence-corrected chi connectivity index (χ3v) is 4.31. The molecule has 0 spiro atoms. The first-order valence-electron chi connectivity index (χ1n) is 9.23. The molecule has 0 aliphatic carbocycles. The van der Waals surface area contributed by atoms with E-state index in [0.717, 1.165) is 10.9 Å². The third-order valence-electron chi connectivity index (χ3n) is 4.31. The van der Waals surface area contributed by atoms with Gasteiger partial charge >= 0.3 is 0 Å². The van der Waals surface area contributed by atoms with Gasteiger partial charge in [-0.15, -0.1) is 0 Å². The van der Waals surface area contributed by atoms with Gasteiger partial charge in [-0.3, -0.25) is 14.6 Å². The van der Waals surface area contributed by atoms with Crippen molar-refractivity contribution in [3.63, 3.8) is 0 Å². The summed E-state index contributed by atoms with van der Waals surface area (Å²) in [6, 6.07) is 16.8. The normalized spacial score (nSPS) is 10.5. The summed E-state index contributed by atoms with van der Waals surface area (Å²) >= 11 is 0. The number of amides is 2. The van der Waals surface area contributed by atoms with Crippen LogP contribution in [0.5, 0.6) is 5.75 Å². The number of hydrogen-bond acceptors (Lipinski definition) is 4. The van der Waals surface area contributed by atoms with Gasteiger partial charge in [0.05, 0.1) is 23.5 Å². The molecule has 0 radical (unpaired) electrons. The average molecular weight is 377 g/mol. The quantitative estimate of drug-likeness (QED) is 0.675. The van der Waals surface area contributed by atoms with E-state index in [1.165, 1.54) is 6.92 Å². The van der Waals surface area contributed by atoms with Gasteiger partial charge in [0.2, 0.25) is 11.8 Å². The van der Waals surface area contributed by atoms with Gasteiger partial charge in [-0.1, -0.05) is 30.3 Å². The number of hydrogen-bond donors (Lipinski definition) is 1. The van der Waals surface area contributed by atoms with Gasteiger partial charge in [0.15, 0.2) is 0 Å². The number of aromatic nitrogens is 1. The van der Waals surface area contributed by atoms with Crippen LogP contribution in [-0.4, -0.2) is 29.9 Å². The Hall–Kier alpha value is -3.41. The molecular formula is C22H23N3O3. The Bertz CT molecular complexity index is 982. The lowest BCUT2D eigenvalue weighted by atomic mass is 10.1. The zero-order valence-electron chi connectivity index (χ0n) is 16.0. The van der Waals surface area contributed by atoms with Gasteiger partial charge in [0.25, 0.3) is 0 Å². The summed E-state index contributed by atoms with van der Waals surface area (Å²) in [6.07, 6.45) is 1.85. The lowest BCUT2D eigenvalue weighted by molar-refractivity contribution is -0.117. The van der Waals surface area contributed by atoms with E-state index in [0.29, 0.717) is 23.7 Å². The van der Waals surface area contributed by atoms with Crippen LogP contribution in [0.4, 0.5) is 11.4 Å². The number of fused-ring (bicyclic) bond motifs is 1. The SMILES string of the molecule is CCOc1ccccc1NC(=O)CCN(C(C)=O)c1cccc2cccnc12. The standard InChI is InChI=1S/C22H23N3O3/c1-3-28-20-12-5-4-10-18(20)24-21(27)13-15-25(16(2)26)19-11-6-8-17-9-7-14-23-22(17)19/h4-12,14H,3,13,15H2,1-2H3,(H,24,27). The number of rotatable bonds is 7. The van der Waals surface area contributed by atoms with Crippen molar-refractivity contribution in [1.29, 1.82) is 0 Å². The molecule has 2 aromatic carbocycles. The fourth-order valence-corrected chi connectivity index (χ4v) is 3.03. The van der Waals surface area contributed by atoms with E-state index in [-0.39, 0.29) is 24.8 Å². The number of anilines is 2. The number of carbonyl (C=O) groups excluding carboxylic acids is 2. The zero-order chi connectivity index (χ0) is 19.9. The van der Waals surface area contributed by atoms with E-state index in [1.807, 2.05) is 55.5 Å². The van der Waals surface area contributed by atoms with Crippen LogP contribution in [0.15, 0.2) is 60.8 Å². The first-order valence-corrected chi connectivity index (χ1v) is 9.23. The van der Waals surface area contributed by atoms with Crippen LogP contribution < -0.4 is 15.0 Å². The molecule has 28 heavy (non-hydrogen) atoms. The molecule has 0 fully saturated rings. The van der Waals surface area contributed by atoms with Crippen LogP contribution in [0.3, 0.4) is 0 Å². The van der Waals surface area contributed by atoms with Crippen LogP contribution in [0.2, 0.25) is 0 Å². The minimum atomic E-state index is -0.188. The molecule has 0 aliphatic rings. The lowest BCUT2D eigenvalue weighted by Gasteiger charge is -2.22. The molecule has 0 atom stereocenters. The summed E-state index contributed by atoms with van der Waals surface area (Å²) in [5, 5.41) is 3.81. The molecule has 0 aliphatic heterocycles. The van der Waals surface area contributed by atoms with Gasteiger partial charge in [0, 0.05) is 31.5 Å². The summed E-state index contributed by atoms with van der Waals surface area (Å²) in [5.74, 6) is 0.298. The van der Waals surface area contributed by atoms with Crippen molar-refractivity contribution in [2.75, 3.05) is 23.4 Å². The minimum Gasteiger partial charge on any atom is -0.492 e. The van der Waals surface area contributed by atoms with Crippen LogP contribution >= 0.6 is 0 Å². The summed E-state index contributed by atoms with van der Waals surface area (Å²) in [4.78, 5) is 30.7. The highest BCUT2D eigenvalue weighted by atomic mass is 16.5. The first kappa shape index (κ1) is 19.4. The lowest BCUT2D eigenvalue weighted by Crippen LogP contribution is -2.32. The second-order valence-electron chi connectivity index (χ2n) is 6.25. The minimum absolute atomic E-state index is 0.138. The van der Waals surface area contributed by atoms with E-state index in [1.54, 1.807) is 17.2 Å². The van der Waals surface area contributed by atoms with Crippen molar-refractivity contribution in [2.24, 2.45) is 0 Å². The van der Waals surface area contributed by atoms with Gasteiger partial charge in [0.1, 0.15) is 5.75 Å². The first-order chi connectivity index (χ1) is 13.6. The molecule has 1 heterocycles. The number of pyridine rings is 1. The summed E-state index contributed by atoms with van der Waals surface area (Å²) in [5.41, 5.74) is 2.06. The van der Waals surface area contributed by atoms with Crippen LogP contribution in [-0.2, 0) is 9.59 Å². The van der Waals surface area contributed by atoms with Crippen LogP contribution in [0, 0.1) is 0 Å². The highest BCUT2D eigenvalue weighted by Crippen LogP contribution is 2.26. The Balaban J connectivity index is 1.74. The Morgan fingerprint density at radius 1 is 1.07 bits per heavy atom. The molecule has 144 valence electrons. The molecule has 6 nitrogen and oxygen atoms in total. The van der Waals surface area contributed by atoms with Gasteiger partial charge in [-0.05, 0) is 31.2 Å². The predicted molar refractivity (Wildman–Crippen MR) is 111 cm³/mol. The summed E-state index contributed by atoms with van der Waals surface area (Å²) in [7, 11) is 0. The Kier molecular flexibility index (Phi) is 6.22. The molecule has 1 aromatic heterocycles. The third kappa shape index (κ3) is 4.46. The van der Waals surface area contributed by atoms with E-state index in [4.69, 9.17) is 4.74 Å². The largest absolute Gasteiger partial charge is 0.492 e. The van der Waals surface area contributed by atoms with E-state index < -0.39 is 0 Å². The summed E-state index contributed by atoms with van der Waals surface area (Å²) < 4.78 is 5.53. The highest BCUT2D eigenvalue weighted by molar-refractivity contribution is 6.02. The second-order valence-corrected chi connectivity index (χ2v) is 6.25. The molecular weight excluding hydrogens is 354 g/mol. The number of para-hydroxylation sites is 3. The molecule has 0 bridgehead atoms. The number of ether oxygens (including phenoxy) is 1. The second kappa shape index (κ2) is 8.99. The van der Waals surface area contributed by atoms with Crippen molar-refractivity contribution < 1.29 is 14.3 Å². The topological polar surface area (TPSA) is 71.5 Å². The van der Waals surface area contributed by atoms with E-state index >= 15 is 0 Å². The molecule has 0 unspecified atom stereocenters. The number of carbonyl (C=O) groups is 2. The average Bonchev–Trinajstić information content (AvgIpc) is 2.70. The van der Waals surface area contributed by atoms with Gasteiger partial charge < -0.3 is 15.0 Å². The van der Waals surface area contributed by atoms with Crippen molar-refractivity contribution in [3.8, 4) is 5.75 Å². The molecule has 1 N–H and O–H groups in total. The van der Waals surface area contributed by atoms with Crippen LogP contribution in [0.1, 0.15) is 20.3 Å². The Morgan fingerprint density at radius 2 is 1.86 bits per heavy atom. The molecule has 2 amide bonds. The van der Waals surface area contributed by atoms with Gasteiger partial charge in [-0.25, -0.2) is 0 Å². The Morgan fingerprint density at radius 3 is 2.64 bits per heavy atom. The van der Waals surface area contributed by atoms with Crippen molar-refractivity contribution >= 4 is 34.1 Å². The van der Waals surface area contributed by atoms with Crippen molar-refractivity contribution in [2.45, 2.75) is 20.3 Å². The number of nitrogens with zero attached hydrogens (tertiary/aromatic N) is 2. The highest BCUT2D eigenvalue weighted by Gasteiger charge is 2.17. The number of nitrogens with one attached hydrogen (secondary N) is 1. The molecule has 3 rings (SSSR count). The van der Waals surface area contributed by atoms with Crippen molar-refractivity contribution in [3.05, 3.63) is 60.8 Å². The predicted octanol–water partition coefficient (Wildman–Crippen LogP) is 4.02. The van der Waals surface area contributed by atoms with E-state index in [2.05, 4.69) is 10.3 Å². The smallest absolute Gasteiger partial charge is 0.226 e. The maximum atomic E-state index is 12.5. The maximum absolute atomic E-state index is 12.5. The molecule has 0 saturated heterocycles. The number of benzene rings is 2. The van der Waals surface area contributed by atoms with Crippen molar-refractivity contribution in [1.82, 2.24) is 4.98 Å². The Labute approximate surface area is 164 Å². The van der Waals surface area contributed by atoms with E-state index in [9.17, 15) is 9.59 Å². The fourth-order valence-electron chi connectivity index (χ4n) is 3.03. The summed E-state index contributed by atoms with van der Waals surface area (Å²) in [6.45, 7) is 4.15. The monoisotopic (exact) mass is 377 g/mol. The zero-order valence-corrected chi connectivity index (χ0v) is 16.0.